The van der Waals surface area contributed by atoms with Crippen molar-refractivity contribution < 1.29 is 9.53 Å². The zero-order chi connectivity index (χ0) is 17.6. The number of thiazole rings is 1. The molecule has 0 radical (unpaired) electrons. The highest BCUT2D eigenvalue weighted by molar-refractivity contribution is 7.22. The summed E-state index contributed by atoms with van der Waals surface area (Å²) in [6, 6.07) is 5.87. The molecule has 0 aliphatic heterocycles. The van der Waals surface area contributed by atoms with Gasteiger partial charge < -0.3 is 10.1 Å². The second-order valence-electron chi connectivity index (χ2n) is 6.93. The number of ether oxygens (including phenoxy) is 1. The van der Waals surface area contributed by atoms with Gasteiger partial charge in [0.2, 0.25) is 5.91 Å². The van der Waals surface area contributed by atoms with E-state index in [2.05, 4.69) is 17.2 Å². The van der Waals surface area contributed by atoms with Crippen molar-refractivity contribution in [1.29, 1.82) is 0 Å². The monoisotopic (exact) mass is 360 g/mol. The summed E-state index contributed by atoms with van der Waals surface area (Å²) in [6.45, 7) is 4.86. The van der Waals surface area contributed by atoms with Gasteiger partial charge in [0.25, 0.3) is 0 Å². The van der Waals surface area contributed by atoms with Gasteiger partial charge >= 0.3 is 0 Å². The number of nitrogens with zero attached hydrogens (tertiary/aromatic N) is 1. The maximum absolute atomic E-state index is 12.6. The Morgan fingerprint density at radius 2 is 2.08 bits per heavy atom. The lowest BCUT2D eigenvalue weighted by Gasteiger charge is -2.27. The third-order valence-corrected chi connectivity index (χ3v) is 6.02. The van der Waals surface area contributed by atoms with Crippen molar-refractivity contribution in [1.82, 2.24) is 4.98 Å². The summed E-state index contributed by atoms with van der Waals surface area (Å²) >= 11 is 1.52. The van der Waals surface area contributed by atoms with Crippen molar-refractivity contribution in [3.8, 4) is 5.75 Å². The molecule has 0 atom stereocenters. The van der Waals surface area contributed by atoms with Crippen molar-refractivity contribution in [3.05, 3.63) is 18.2 Å². The third kappa shape index (κ3) is 4.72. The van der Waals surface area contributed by atoms with Gasteiger partial charge in [0.1, 0.15) is 5.75 Å². The maximum atomic E-state index is 12.6. The van der Waals surface area contributed by atoms with Crippen LogP contribution in [0, 0.1) is 11.8 Å². The zero-order valence-electron chi connectivity index (χ0n) is 15.2. The molecule has 1 saturated carbocycles. The van der Waals surface area contributed by atoms with Crippen LogP contribution >= 0.6 is 11.3 Å². The Balaban J connectivity index is 1.57. The summed E-state index contributed by atoms with van der Waals surface area (Å²) < 4.78 is 6.57. The molecule has 25 heavy (non-hydrogen) atoms. The molecule has 1 amide bonds. The van der Waals surface area contributed by atoms with Gasteiger partial charge in [-0.15, -0.1) is 0 Å². The molecule has 5 heteroatoms. The van der Waals surface area contributed by atoms with E-state index in [1.165, 1.54) is 43.4 Å². The minimum Gasteiger partial charge on any atom is -0.494 e. The predicted octanol–water partition coefficient (Wildman–Crippen LogP) is 5.63. The van der Waals surface area contributed by atoms with Gasteiger partial charge in [-0.1, -0.05) is 37.5 Å². The molecule has 2 aromatic rings. The van der Waals surface area contributed by atoms with Crippen molar-refractivity contribution >= 4 is 32.6 Å². The highest BCUT2D eigenvalue weighted by atomic mass is 32.1. The summed E-state index contributed by atoms with van der Waals surface area (Å²) in [5, 5.41) is 3.73. The quantitative estimate of drug-likeness (QED) is 0.696. The van der Waals surface area contributed by atoms with Crippen molar-refractivity contribution in [2.24, 2.45) is 11.8 Å². The number of amides is 1. The van der Waals surface area contributed by atoms with E-state index in [0.717, 1.165) is 34.7 Å². The number of rotatable bonds is 7. The number of benzene rings is 1. The minimum atomic E-state index is 0.137. The molecule has 1 aliphatic carbocycles. The highest BCUT2D eigenvalue weighted by Crippen LogP contribution is 2.34. The summed E-state index contributed by atoms with van der Waals surface area (Å²) in [4.78, 5) is 17.1. The van der Waals surface area contributed by atoms with Crippen LogP contribution in [0.25, 0.3) is 10.2 Å². The van der Waals surface area contributed by atoms with E-state index in [9.17, 15) is 4.79 Å². The molecular weight excluding hydrogens is 332 g/mol. The molecule has 1 aromatic carbocycles. The number of fused-ring (bicyclic) bond motifs is 1. The second kappa shape index (κ2) is 8.65. The average molecular weight is 361 g/mol. The van der Waals surface area contributed by atoms with E-state index >= 15 is 0 Å². The van der Waals surface area contributed by atoms with Gasteiger partial charge in [-0.3, -0.25) is 4.79 Å². The first-order chi connectivity index (χ1) is 12.2. The lowest BCUT2D eigenvalue weighted by molar-refractivity contribution is -0.121. The Kier molecular flexibility index (Phi) is 6.29. The third-order valence-electron chi connectivity index (χ3n) is 5.08. The van der Waals surface area contributed by atoms with Crippen LogP contribution in [0.2, 0.25) is 0 Å². The highest BCUT2D eigenvalue weighted by Gasteiger charge is 2.26. The SMILES string of the molecule is CCCCC1CCC(C(=O)Nc2nc3ccc(OCC)cc3s2)CC1. The molecule has 1 aromatic heterocycles. The first kappa shape index (κ1) is 18.2. The number of aromatic nitrogens is 1. The van der Waals surface area contributed by atoms with Crippen LogP contribution in [0.15, 0.2) is 18.2 Å². The molecule has 0 unspecified atom stereocenters. The fraction of sp³-hybridized carbons (Fsp3) is 0.600. The van der Waals surface area contributed by atoms with E-state index < -0.39 is 0 Å². The molecule has 1 heterocycles. The Hall–Kier alpha value is -1.62. The lowest BCUT2D eigenvalue weighted by atomic mass is 9.79. The number of anilines is 1. The zero-order valence-corrected chi connectivity index (χ0v) is 16.0. The van der Waals surface area contributed by atoms with Crippen LogP contribution in [0.4, 0.5) is 5.13 Å². The second-order valence-corrected chi connectivity index (χ2v) is 7.96. The molecule has 0 bridgehead atoms. The topological polar surface area (TPSA) is 51.2 Å². The molecule has 1 aliphatic rings. The van der Waals surface area contributed by atoms with Crippen LogP contribution in [0.1, 0.15) is 58.8 Å². The van der Waals surface area contributed by atoms with Gasteiger partial charge in [0.15, 0.2) is 5.13 Å². The minimum absolute atomic E-state index is 0.137. The first-order valence-corrected chi connectivity index (χ1v) is 10.4. The number of unbranched alkanes of at least 4 members (excludes halogenated alkanes) is 1. The number of nitrogens with one attached hydrogen (secondary N) is 1. The van der Waals surface area contributed by atoms with E-state index in [0.29, 0.717) is 11.7 Å². The Morgan fingerprint density at radius 3 is 2.80 bits per heavy atom. The summed E-state index contributed by atoms with van der Waals surface area (Å²) in [5.74, 6) is 1.95. The number of hydrogen-bond acceptors (Lipinski definition) is 4. The predicted molar refractivity (Wildman–Crippen MR) is 104 cm³/mol. The van der Waals surface area contributed by atoms with E-state index in [1.54, 1.807) is 0 Å². The largest absolute Gasteiger partial charge is 0.494 e. The van der Waals surface area contributed by atoms with Gasteiger partial charge in [0.05, 0.1) is 16.8 Å². The Bertz CT molecular complexity index is 705. The maximum Gasteiger partial charge on any atom is 0.229 e. The number of hydrogen-bond donors (Lipinski definition) is 1. The molecule has 1 fully saturated rings. The normalized spacial score (nSPS) is 20.6. The van der Waals surface area contributed by atoms with Crippen molar-refractivity contribution in [3.63, 3.8) is 0 Å². The Morgan fingerprint density at radius 1 is 1.28 bits per heavy atom. The van der Waals surface area contributed by atoms with Crippen LogP contribution in [0.3, 0.4) is 0 Å². The van der Waals surface area contributed by atoms with Crippen LogP contribution < -0.4 is 10.1 Å². The fourth-order valence-electron chi connectivity index (χ4n) is 3.63. The summed E-state index contributed by atoms with van der Waals surface area (Å²) in [5.41, 5.74) is 0.909. The molecule has 0 saturated heterocycles. The molecule has 3 rings (SSSR count). The first-order valence-electron chi connectivity index (χ1n) is 9.53. The summed E-state index contributed by atoms with van der Waals surface area (Å²) in [7, 11) is 0. The van der Waals surface area contributed by atoms with Crippen LogP contribution in [0.5, 0.6) is 5.75 Å². The van der Waals surface area contributed by atoms with E-state index in [4.69, 9.17) is 4.74 Å². The summed E-state index contributed by atoms with van der Waals surface area (Å²) in [6.07, 6.45) is 8.31. The van der Waals surface area contributed by atoms with E-state index in [-0.39, 0.29) is 11.8 Å². The van der Waals surface area contributed by atoms with Crippen LogP contribution in [-0.2, 0) is 4.79 Å². The Labute approximate surface area is 154 Å². The fourth-order valence-corrected chi connectivity index (χ4v) is 4.53. The number of carbonyl (C=O) groups excluding carboxylic acids is 1. The molecular formula is C20H28N2O2S. The standard InChI is InChI=1S/C20H28N2O2S/c1-3-5-6-14-7-9-15(10-8-14)19(23)22-20-21-17-12-11-16(24-4-2)13-18(17)25-20/h11-15H,3-10H2,1-2H3,(H,21,22,23). The van der Waals surface area contributed by atoms with E-state index in [1.807, 2.05) is 25.1 Å². The molecule has 4 nitrogen and oxygen atoms in total. The smallest absolute Gasteiger partial charge is 0.229 e. The number of carbonyl (C=O) groups is 1. The van der Waals surface area contributed by atoms with Crippen molar-refractivity contribution in [2.45, 2.75) is 58.8 Å². The van der Waals surface area contributed by atoms with Crippen molar-refractivity contribution in [2.75, 3.05) is 11.9 Å². The average Bonchev–Trinajstić information content (AvgIpc) is 3.02. The van der Waals surface area contributed by atoms with Crippen LogP contribution in [-0.4, -0.2) is 17.5 Å². The van der Waals surface area contributed by atoms with Gasteiger partial charge in [-0.25, -0.2) is 4.98 Å². The van der Waals surface area contributed by atoms with Gasteiger partial charge in [0, 0.05) is 5.92 Å². The molecule has 0 spiro atoms. The lowest BCUT2D eigenvalue weighted by Crippen LogP contribution is -2.27. The molecule has 136 valence electrons. The molecule has 1 N–H and O–H groups in total. The van der Waals surface area contributed by atoms with Gasteiger partial charge in [-0.2, -0.15) is 0 Å². The van der Waals surface area contributed by atoms with Gasteiger partial charge in [-0.05, 0) is 56.7 Å².